The first-order valence-corrected chi connectivity index (χ1v) is 7.17. The standard InChI is InChI=1S/C13H13BrFNS/c1-2-16-6-10-5-9(3-4-13(10)15)11-7-17-8-12(11)14/h3-5,7-8,16H,2,6H2,1H3. The Labute approximate surface area is 113 Å². The SMILES string of the molecule is CCNCc1cc(-c2cscc2Br)ccc1F. The largest absolute Gasteiger partial charge is 0.313 e. The van der Waals surface area contributed by atoms with Crippen molar-refractivity contribution < 1.29 is 4.39 Å². The van der Waals surface area contributed by atoms with Crippen molar-refractivity contribution in [2.45, 2.75) is 13.5 Å². The van der Waals surface area contributed by atoms with E-state index >= 15 is 0 Å². The number of rotatable bonds is 4. The van der Waals surface area contributed by atoms with Gasteiger partial charge in [-0.3, -0.25) is 0 Å². The first kappa shape index (κ1) is 12.7. The summed E-state index contributed by atoms with van der Waals surface area (Å²) in [6, 6.07) is 5.26. The van der Waals surface area contributed by atoms with Gasteiger partial charge in [-0.1, -0.05) is 13.0 Å². The van der Waals surface area contributed by atoms with Crippen LogP contribution in [0.15, 0.2) is 33.4 Å². The predicted octanol–water partition coefficient (Wildman–Crippen LogP) is 4.43. The zero-order valence-corrected chi connectivity index (χ0v) is 11.9. The molecule has 0 aliphatic rings. The molecule has 0 aliphatic carbocycles. The highest BCUT2D eigenvalue weighted by molar-refractivity contribution is 9.10. The van der Waals surface area contributed by atoms with E-state index < -0.39 is 0 Å². The molecule has 0 atom stereocenters. The van der Waals surface area contributed by atoms with Gasteiger partial charge in [-0.25, -0.2) is 4.39 Å². The Kier molecular flexibility index (Phi) is 4.31. The first-order valence-electron chi connectivity index (χ1n) is 5.43. The van der Waals surface area contributed by atoms with Gasteiger partial charge in [0.1, 0.15) is 5.82 Å². The van der Waals surface area contributed by atoms with E-state index in [-0.39, 0.29) is 5.82 Å². The summed E-state index contributed by atoms with van der Waals surface area (Å²) in [5, 5.41) is 7.24. The fraction of sp³-hybridized carbons (Fsp3) is 0.231. The van der Waals surface area contributed by atoms with E-state index in [9.17, 15) is 4.39 Å². The Morgan fingerprint density at radius 1 is 1.35 bits per heavy atom. The molecular formula is C13H13BrFNS. The topological polar surface area (TPSA) is 12.0 Å². The molecule has 0 spiro atoms. The molecule has 0 saturated carbocycles. The van der Waals surface area contributed by atoms with Crippen molar-refractivity contribution in [3.8, 4) is 11.1 Å². The number of benzene rings is 1. The van der Waals surface area contributed by atoms with Crippen LogP contribution in [-0.2, 0) is 6.54 Å². The normalized spacial score (nSPS) is 10.8. The minimum atomic E-state index is -0.152. The van der Waals surface area contributed by atoms with Crippen LogP contribution in [0.25, 0.3) is 11.1 Å². The lowest BCUT2D eigenvalue weighted by molar-refractivity contribution is 0.593. The van der Waals surface area contributed by atoms with Crippen LogP contribution in [0.2, 0.25) is 0 Å². The van der Waals surface area contributed by atoms with Crippen LogP contribution in [0.1, 0.15) is 12.5 Å². The number of thiophene rings is 1. The van der Waals surface area contributed by atoms with Gasteiger partial charge in [-0.2, -0.15) is 11.3 Å². The molecule has 0 saturated heterocycles. The molecule has 2 aromatic rings. The van der Waals surface area contributed by atoms with Crippen LogP contribution in [0.4, 0.5) is 4.39 Å². The van der Waals surface area contributed by atoms with Gasteiger partial charge in [-0.05, 0) is 45.6 Å². The maximum atomic E-state index is 13.6. The highest BCUT2D eigenvalue weighted by Crippen LogP contribution is 2.32. The van der Waals surface area contributed by atoms with Crippen molar-refractivity contribution in [1.29, 1.82) is 0 Å². The van der Waals surface area contributed by atoms with Crippen LogP contribution >= 0.6 is 27.3 Å². The van der Waals surface area contributed by atoms with Gasteiger partial charge in [0, 0.05) is 27.5 Å². The first-order chi connectivity index (χ1) is 8.22. The van der Waals surface area contributed by atoms with Crippen molar-refractivity contribution in [2.24, 2.45) is 0 Å². The van der Waals surface area contributed by atoms with Gasteiger partial charge in [0.2, 0.25) is 0 Å². The van der Waals surface area contributed by atoms with E-state index in [1.807, 2.05) is 24.4 Å². The smallest absolute Gasteiger partial charge is 0.127 e. The van der Waals surface area contributed by atoms with Gasteiger partial charge in [0.15, 0.2) is 0 Å². The lowest BCUT2D eigenvalue weighted by Crippen LogP contribution is -2.12. The molecule has 0 unspecified atom stereocenters. The molecule has 0 aliphatic heterocycles. The van der Waals surface area contributed by atoms with Crippen LogP contribution in [0.5, 0.6) is 0 Å². The molecule has 0 bridgehead atoms. The van der Waals surface area contributed by atoms with Crippen molar-refractivity contribution >= 4 is 27.3 Å². The number of hydrogen-bond acceptors (Lipinski definition) is 2. The van der Waals surface area contributed by atoms with Gasteiger partial charge in [0.05, 0.1) is 0 Å². The third-order valence-corrected chi connectivity index (χ3v) is 4.24. The molecule has 1 heterocycles. The molecule has 0 fully saturated rings. The molecular weight excluding hydrogens is 301 g/mol. The van der Waals surface area contributed by atoms with Gasteiger partial charge >= 0.3 is 0 Å². The molecule has 0 radical (unpaired) electrons. The summed E-state index contributed by atoms with van der Waals surface area (Å²) < 4.78 is 14.6. The lowest BCUT2D eigenvalue weighted by atomic mass is 10.1. The van der Waals surface area contributed by atoms with Crippen LogP contribution in [0.3, 0.4) is 0 Å². The Morgan fingerprint density at radius 2 is 2.18 bits per heavy atom. The summed E-state index contributed by atoms with van der Waals surface area (Å²) in [6.45, 7) is 3.42. The Hall–Kier alpha value is -0.710. The third kappa shape index (κ3) is 2.94. The monoisotopic (exact) mass is 313 g/mol. The third-order valence-electron chi connectivity index (χ3n) is 2.54. The fourth-order valence-electron chi connectivity index (χ4n) is 1.62. The van der Waals surface area contributed by atoms with Gasteiger partial charge in [-0.15, -0.1) is 0 Å². The average Bonchev–Trinajstić information content (AvgIpc) is 2.75. The van der Waals surface area contributed by atoms with E-state index in [1.54, 1.807) is 11.3 Å². The molecule has 17 heavy (non-hydrogen) atoms. The second-order valence-electron chi connectivity index (χ2n) is 3.72. The molecule has 1 aromatic heterocycles. The number of halogens is 2. The summed E-state index contributed by atoms with van der Waals surface area (Å²) in [7, 11) is 0. The van der Waals surface area contributed by atoms with E-state index in [1.165, 1.54) is 6.07 Å². The van der Waals surface area contributed by atoms with Gasteiger partial charge < -0.3 is 5.32 Å². The summed E-state index contributed by atoms with van der Waals surface area (Å²) >= 11 is 5.13. The second kappa shape index (κ2) is 5.76. The van der Waals surface area contributed by atoms with Gasteiger partial charge in [0.25, 0.3) is 0 Å². The molecule has 2 rings (SSSR count). The number of hydrogen-bond donors (Lipinski definition) is 1. The van der Waals surface area contributed by atoms with Crippen molar-refractivity contribution in [1.82, 2.24) is 5.32 Å². The highest BCUT2D eigenvalue weighted by Gasteiger charge is 2.08. The average molecular weight is 314 g/mol. The summed E-state index contributed by atoms with van der Waals surface area (Å²) in [5.74, 6) is -0.152. The zero-order valence-electron chi connectivity index (χ0n) is 9.47. The van der Waals surface area contributed by atoms with Crippen molar-refractivity contribution in [3.63, 3.8) is 0 Å². The Bertz CT molecular complexity index is 510. The molecule has 1 aromatic carbocycles. The van der Waals surface area contributed by atoms with E-state index in [4.69, 9.17) is 0 Å². The molecule has 1 N–H and O–H groups in total. The molecule has 90 valence electrons. The van der Waals surface area contributed by atoms with Crippen LogP contribution < -0.4 is 5.32 Å². The summed E-state index contributed by atoms with van der Waals surface area (Å²) in [4.78, 5) is 0. The summed E-state index contributed by atoms with van der Waals surface area (Å²) in [5.41, 5.74) is 2.88. The van der Waals surface area contributed by atoms with Crippen molar-refractivity contribution in [2.75, 3.05) is 6.54 Å². The highest BCUT2D eigenvalue weighted by atomic mass is 79.9. The Morgan fingerprint density at radius 3 is 2.82 bits per heavy atom. The molecule has 0 amide bonds. The summed E-state index contributed by atoms with van der Waals surface area (Å²) in [6.07, 6.45) is 0. The van der Waals surface area contributed by atoms with Crippen LogP contribution in [0, 0.1) is 5.82 Å². The quantitative estimate of drug-likeness (QED) is 0.880. The van der Waals surface area contributed by atoms with E-state index in [0.717, 1.165) is 22.1 Å². The predicted molar refractivity (Wildman–Crippen MR) is 74.8 cm³/mol. The van der Waals surface area contributed by atoms with E-state index in [0.29, 0.717) is 12.1 Å². The minimum absolute atomic E-state index is 0.152. The maximum absolute atomic E-state index is 13.6. The van der Waals surface area contributed by atoms with Crippen molar-refractivity contribution in [3.05, 3.63) is 44.8 Å². The second-order valence-corrected chi connectivity index (χ2v) is 5.32. The number of nitrogens with one attached hydrogen (secondary N) is 1. The minimum Gasteiger partial charge on any atom is -0.313 e. The zero-order chi connectivity index (χ0) is 12.3. The lowest BCUT2D eigenvalue weighted by Gasteiger charge is -2.07. The fourth-order valence-corrected chi connectivity index (χ4v) is 3.16. The van der Waals surface area contributed by atoms with E-state index in [2.05, 4.69) is 26.6 Å². The van der Waals surface area contributed by atoms with Crippen LogP contribution in [-0.4, -0.2) is 6.54 Å². The molecule has 4 heteroatoms. The maximum Gasteiger partial charge on any atom is 0.127 e. The Balaban J connectivity index is 2.34. The molecule has 1 nitrogen and oxygen atoms in total.